The van der Waals surface area contributed by atoms with Gasteiger partial charge >= 0.3 is 0 Å². The number of allylic oxidation sites excluding steroid dienone is 1. The molecule has 0 saturated carbocycles. The summed E-state index contributed by atoms with van der Waals surface area (Å²) in [4.78, 5) is 11.2. The maximum atomic E-state index is 11.2. The Bertz CT molecular complexity index is 151. The first-order valence-electron chi connectivity index (χ1n) is 3.68. The van der Waals surface area contributed by atoms with Crippen molar-refractivity contribution in [1.29, 1.82) is 0 Å². The smallest absolute Gasteiger partial charge is 0.160 e. The lowest BCUT2D eigenvalue weighted by atomic mass is 9.91. The molecule has 0 aromatic rings. The Morgan fingerprint density at radius 2 is 2.00 bits per heavy atom. The summed E-state index contributed by atoms with van der Waals surface area (Å²) in [6, 6.07) is 0. The fraction of sp³-hybridized carbons (Fsp3) is 0.667. The number of hydrogen-bond donors (Lipinski definition) is 0. The van der Waals surface area contributed by atoms with E-state index in [1.54, 1.807) is 19.3 Å². The number of carbonyl (C=O) groups excluding carboxylic acids is 1. The van der Waals surface area contributed by atoms with E-state index in [0.717, 1.165) is 0 Å². The van der Waals surface area contributed by atoms with Crippen LogP contribution < -0.4 is 0 Å². The van der Waals surface area contributed by atoms with Crippen molar-refractivity contribution in [2.24, 2.45) is 5.41 Å². The second kappa shape index (κ2) is 4.29. The van der Waals surface area contributed by atoms with Gasteiger partial charge in [-0.15, -0.1) is 0 Å². The normalized spacial score (nSPS) is 12.4. The van der Waals surface area contributed by atoms with Crippen molar-refractivity contribution in [3.63, 3.8) is 0 Å². The summed E-state index contributed by atoms with van der Waals surface area (Å²) >= 11 is 0. The molecule has 0 aliphatic carbocycles. The Morgan fingerprint density at radius 3 is 2.36 bits per heavy atom. The van der Waals surface area contributed by atoms with Gasteiger partial charge in [0.05, 0.1) is 6.61 Å². The molecule has 0 radical (unpaired) electrons. The van der Waals surface area contributed by atoms with Gasteiger partial charge in [-0.1, -0.05) is 26.8 Å². The van der Waals surface area contributed by atoms with Crippen LogP contribution in [0.2, 0.25) is 0 Å². The van der Waals surface area contributed by atoms with Crippen LogP contribution in [0.15, 0.2) is 12.2 Å². The number of hydrogen-bond acceptors (Lipinski definition) is 2. The highest BCUT2D eigenvalue weighted by Gasteiger charge is 2.17. The largest absolute Gasteiger partial charge is 0.381 e. The molecule has 0 unspecified atom stereocenters. The number of methoxy groups -OCH3 is 1. The van der Waals surface area contributed by atoms with E-state index >= 15 is 0 Å². The molecule has 0 spiro atoms. The average Bonchev–Trinajstić information content (AvgIpc) is 1.86. The molecule has 0 heterocycles. The third-order valence-corrected chi connectivity index (χ3v) is 1.27. The maximum Gasteiger partial charge on any atom is 0.160 e. The number of rotatable bonds is 3. The summed E-state index contributed by atoms with van der Waals surface area (Å²) in [5.41, 5.74) is -0.274. The molecule has 0 aliphatic rings. The molecule has 2 heteroatoms. The maximum absolute atomic E-state index is 11.2. The molecule has 0 rings (SSSR count). The second-order valence-electron chi connectivity index (χ2n) is 3.47. The fourth-order valence-corrected chi connectivity index (χ4v) is 0.501. The molecule has 0 aromatic heterocycles. The van der Waals surface area contributed by atoms with Gasteiger partial charge in [0.2, 0.25) is 0 Å². The van der Waals surface area contributed by atoms with Crippen molar-refractivity contribution < 1.29 is 9.53 Å². The van der Waals surface area contributed by atoms with Crippen LogP contribution in [0.5, 0.6) is 0 Å². The van der Waals surface area contributed by atoms with E-state index in [1.807, 2.05) is 20.8 Å². The Hall–Kier alpha value is -0.630. The third kappa shape index (κ3) is 4.73. The first-order chi connectivity index (χ1) is 4.98. The van der Waals surface area contributed by atoms with Gasteiger partial charge in [0.25, 0.3) is 0 Å². The summed E-state index contributed by atoms with van der Waals surface area (Å²) in [6.07, 6.45) is 3.30. The van der Waals surface area contributed by atoms with Gasteiger partial charge in [-0.2, -0.15) is 0 Å². The van der Waals surface area contributed by atoms with E-state index in [4.69, 9.17) is 4.74 Å². The van der Waals surface area contributed by atoms with Crippen LogP contribution in [0, 0.1) is 5.41 Å². The summed E-state index contributed by atoms with van der Waals surface area (Å²) in [5, 5.41) is 0. The predicted molar refractivity (Wildman–Crippen MR) is 45.5 cm³/mol. The zero-order valence-electron chi connectivity index (χ0n) is 7.68. The van der Waals surface area contributed by atoms with Gasteiger partial charge < -0.3 is 4.74 Å². The van der Waals surface area contributed by atoms with E-state index < -0.39 is 0 Å². The minimum Gasteiger partial charge on any atom is -0.381 e. The van der Waals surface area contributed by atoms with Gasteiger partial charge in [0.1, 0.15) is 0 Å². The SMILES string of the molecule is COC/C=C/C(=O)C(C)(C)C. The zero-order chi connectivity index (χ0) is 8.91. The van der Waals surface area contributed by atoms with Crippen molar-refractivity contribution in [2.45, 2.75) is 20.8 Å². The van der Waals surface area contributed by atoms with Crippen LogP contribution in [-0.2, 0) is 9.53 Å². The lowest BCUT2D eigenvalue weighted by molar-refractivity contribution is -0.121. The van der Waals surface area contributed by atoms with Gasteiger partial charge in [-0.25, -0.2) is 0 Å². The Labute approximate surface area is 68.2 Å². The highest BCUT2D eigenvalue weighted by atomic mass is 16.5. The molecule has 0 atom stereocenters. The van der Waals surface area contributed by atoms with E-state index in [9.17, 15) is 4.79 Å². The van der Waals surface area contributed by atoms with Crippen LogP contribution in [0.25, 0.3) is 0 Å². The van der Waals surface area contributed by atoms with Crippen LogP contribution in [0.4, 0.5) is 0 Å². The summed E-state index contributed by atoms with van der Waals surface area (Å²) in [5.74, 6) is 0.134. The molecule has 0 amide bonds. The fourth-order valence-electron chi connectivity index (χ4n) is 0.501. The Morgan fingerprint density at radius 1 is 1.45 bits per heavy atom. The molecule has 0 saturated heterocycles. The van der Waals surface area contributed by atoms with Crippen LogP contribution in [-0.4, -0.2) is 19.5 Å². The first kappa shape index (κ1) is 10.4. The molecule has 0 bridgehead atoms. The molecule has 2 nitrogen and oxygen atoms in total. The lowest BCUT2D eigenvalue weighted by Crippen LogP contribution is -2.17. The lowest BCUT2D eigenvalue weighted by Gasteiger charge is -2.12. The van der Waals surface area contributed by atoms with Gasteiger partial charge in [-0.05, 0) is 6.08 Å². The monoisotopic (exact) mass is 156 g/mol. The molecular weight excluding hydrogens is 140 g/mol. The third-order valence-electron chi connectivity index (χ3n) is 1.27. The summed E-state index contributed by atoms with van der Waals surface area (Å²) < 4.78 is 4.77. The minimum absolute atomic E-state index is 0.134. The predicted octanol–water partition coefficient (Wildman–Crippen LogP) is 1.80. The van der Waals surface area contributed by atoms with Crippen molar-refractivity contribution in [2.75, 3.05) is 13.7 Å². The van der Waals surface area contributed by atoms with Gasteiger partial charge in [0, 0.05) is 12.5 Å². The van der Waals surface area contributed by atoms with Gasteiger partial charge in [0.15, 0.2) is 5.78 Å². The van der Waals surface area contributed by atoms with E-state index in [0.29, 0.717) is 6.61 Å². The van der Waals surface area contributed by atoms with Crippen LogP contribution >= 0.6 is 0 Å². The van der Waals surface area contributed by atoms with Crippen LogP contribution in [0.1, 0.15) is 20.8 Å². The second-order valence-corrected chi connectivity index (χ2v) is 3.47. The van der Waals surface area contributed by atoms with E-state index in [2.05, 4.69) is 0 Å². The number of carbonyl (C=O) groups is 1. The van der Waals surface area contributed by atoms with Crippen molar-refractivity contribution in [3.8, 4) is 0 Å². The first-order valence-corrected chi connectivity index (χ1v) is 3.68. The molecule has 11 heavy (non-hydrogen) atoms. The quantitative estimate of drug-likeness (QED) is 0.582. The van der Waals surface area contributed by atoms with Crippen molar-refractivity contribution in [1.82, 2.24) is 0 Å². The average molecular weight is 156 g/mol. The highest BCUT2D eigenvalue weighted by Crippen LogP contribution is 2.14. The van der Waals surface area contributed by atoms with Crippen molar-refractivity contribution >= 4 is 5.78 Å². The molecule has 0 aromatic carbocycles. The molecule has 0 fully saturated rings. The highest BCUT2D eigenvalue weighted by molar-refractivity contribution is 5.93. The van der Waals surface area contributed by atoms with E-state index in [1.165, 1.54) is 0 Å². The van der Waals surface area contributed by atoms with E-state index in [-0.39, 0.29) is 11.2 Å². The number of ketones is 1. The summed E-state index contributed by atoms with van der Waals surface area (Å²) in [6.45, 7) is 6.19. The topological polar surface area (TPSA) is 26.3 Å². The van der Waals surface area contributed by atoms with Gasteiger partial charge in [-0.3, -0.25) is 4.79 Å². The Balaban J connectivity index is 3.88. The molecule has 64 valence electrons. The Kier molecular flexibility index (Phi) is 4.04. The zero-order valence-corrected chi connectivity index (χ0v) is 7.68. The molecular formula is C9H16O2. The summed E-state index contributed by atoms with van der Waals surface area (Å²) in [7, 11) is 1.60. The van der Waals surface area contributed by atoms with Crippen molar-refractivity contribution in [3.05, 3.63) is 12.2 Å². The molecule has 0 N–H and O–H groups in total. The minimum atomic E-state index is -0.274. The standard InChI is InChI=1S/C9H16O2/c1-9(2,3)8(10)6-5-7-11-4/h5-6H,7H2,1-4H3/b6-5+. The number of ether oxygens (including phenoxy) is 1. The van der Waals surface area contributed by atoms with Crippen LogP contribution in [0.3, 0.4) is 0 Å². The molecule has 0 aliphatic heterocycles.